The zero-order valence-electron chi connectivity index (χ0n) is 13.6. The molecule has 0 saturated carbocycles. The van der Waals surface area contributed by atoms with E-state index in [0.29, 0.717) is 5.82 Å². The maximum atomic E-state index is 14.3. The summed E-state index contributed by atoms with van der Waals surface area (Å²) < 4.78 is 44.3. The smallest absolute Gasteiger partial charge is 0.204 e. The molecule has 0 N–H and O–H groups in total. The Morgan fingerprint density at radius 1 is 0.917 bits per heavy atom. The van der Waals surface area contributed by atoms with Gasteiger partial charge in [-0.05, 0) is 45.0 Å². The van der Waals surface area contributed by atoms with E-state index in [4.69, 9.17) is 0 Å². The number of benzene rings is 2. The molecule has 3 rings (SSSR count). The highest BCUT2D eigenvalue weighted by atomic mass is 19.2. The minimum atomic E-state index is -1.50. The van der Waals surface area contributed by atoms with Crippen LogP contribution in [0.2, 0.25) is 0 Å². The first kappa shape index (κ1) is 16.2. The van der Waals surface area contributed by atoms with Gasteiger partial charge in [0.05, 0.1) is 5.56 Å². The Bertz CT molecular complexity index is 881. The third-order valence-corrected chi connectivity index (χ3v) is 3.65. The fraction of sp³-hybridized carbons (Fsp3) is 0.222. The summed E-state index contributed by atoms with van der Waals surface area (Å²) in [4.78, 5) is 0. The van der Waals surface area contributed by atoms with E-state index in [1.807, 2.05) is 51.1 Å². The van der Waals surface area contributed by atoms with Crippen molar-refractivity contribution < 1.29 is 17.7 Å². The summed E-state index contributed by atoms with van der Waals surface area (Å²) >= 11 is 0. The SMILES string of the molecule is CC(C)(C)n1c[n+](-c2ccc(F)c(F)c2F)c(-c2ccccc2)n1. The lowest BCUT2D eigenvalue weighted by molar-refractivity contribution is -0.587. The van der Waals surface area contributed by atoms with Gasteiger partial charge in [-0.2, -0.15) is 8.96 Å². The molecule has 1 aromatic heterocycles. The minimum absolute atomic E-state index is 0.0942. The van der Waals surface area contributed by atoms with Gasteiger partial charge < -0.3 is 0 Å². The second kappa shape index (κ2) is 5.78. The van der Waals surface area contributed by atoms with Crippen molar-refractivity contribution in [1.82, 2.24) is 9.78 Å². The van der Waals surface area contributed by atoms with Gasteiger partial charge in [0.2, 0.25) is 12.1 Å². The summed E-state index contributed by atoms with van der Waals surface area (Å²) in [6.07, 6.45) is 1.58. The molecule has 0 amide bonds. The average Bonchev–Trinajstić information content (AvgIpc) is 2.99. The van der Waals surface area contributed by atoms with Crippen molar-refractivity contribution >= 4 is 0 Å². The first-order valence-electron chi connectivity index (χ1n) is 7.50. The van der Waals surface area contributed by atoms with Crippen molar-refractivity contribution in [2.24, 2.45) is 0 Å². The van der Waals surface area contributed by atoms with Crippen LogP contribution >= 0.6 is 0 Å². The van der Waals surface area contributed by atoms with Crippen molar-refractivity contribution in [1.29, 1.82) is 0 Å². The third-order valence-electron chi connectivity index (χ3n) is 3.65. The lowest BCUT2D eigenvalue weighted by Crippen LogP contribution is -2.34. The largest absolute Gasteiger partial charge is 0.313 e. The maximum absolute atomic E-state index is 14.3. The van der Waals surface area contributed by atoms with E-state index >= 15 is 0 Å². The van der Waals surface area contributed by atoms with Crippen LogP contribution in [-0.4, -0.2) is 9.78 Å². The van der Waals surface area contributed by atoms with E-state index in [9.17, 15) is 13.2 Å². The molecule has 3 aromatic rings. The van der Waals surface area contributed by atoms with Crippen LogP contribution in [0.1, 0.15) is 20.8 Å². The lowest BCUT2D eigenvalue weighted by atomic mass is 10.1. The van der Waals surface area contributed by atoms with Crippen LogP contribution in [-0.2, 0) is 5.54 Å². The van der Waals surface area contributed by atoms with Gasteiger partial charge in [-0.1, -0.05) is 18.2 Å². The molecule has 124 valence electrons. The van der Waals surface area contributed by atoms with E-state index in [1.54, 1.807) is 11.0 Å². The summed E-state index contributed by atoms with van der Waals surface area (Å²) in [5.74, 6) is -3.52. The topological polar surface area (TPSA) is 21.7 Å². The third kappa shape index (κ3) is 2.79. The van der Waals surface area contributed by atoms with Crippen LogP contribution in [0, 0.1) is 17.5 Å². The Morgan fingerprint density at radius 3 is 2.21 bits per heavy atom. The second-order valence-corrected chi connectivity index (χ2v) is 6.48. The van der Waals surface area contributed by atoms with Gasteiger partial charge in [0.15, 0.2) is 11.6 Å². The molecule has 3 nitrogen and oxygen atoms in total. The van der Waals surface area contributed by atoms with Gasteiger partial charge in [0.1, 0.15) is 11.2 Å². The normalized spacial score (nSPS) is 11.8. The number of hydrogen-bond acceptors (Lipinski definition) is 1. The van der Waals surface area contributed by atoms with Crippen LogP contribution in [0.25, 0.3) is 17.1 Å². The van der Waals surface area contributed by atoms with Gasteiger partial charge in [-0.25, -0.2) is 8.78 Å². The molecule has 2 aromatic carbocycles. The van der Waals surface area contributed by atoms with E-state index in [0.717, 1.165) is 11.6 Å². The van der Waals surface area contributed by atoms with Gasteiger partial charge >= 0.3 is 5.82 Å². The minimum Gasteiger partial charge on any atom is -0.204 e. The molecule has 0 aliphatic heterocycles. The summed E-state index contributed by atoms with van der Waals surface area (Å²) in [6, 6.07) is 11.3. The average molecular weight is 332 g/mol. The predicted octanol–water partition coefficient (Wildman–Crippen LogP) is 4.00. The van der Waals surface area contributed by atoms with Crippen molar-refractivity contribution in [2.45, 2.75) is 26.3 Å². The zero-order chi connectivity index (χ0) is 17.5. The van der Waals surface area contributed by atoms with Crippen LogP contribution in [0.5, 0.6) is 0 Å². The fourth-order valence-corrected chi connectivity index (χ4v) is 2.33. The standard InChI is InChI=1S/C18H17F3N3/c1-18(2,3)24-11-23(14-10-9-13(19)15(20)16(14)21)17(22-24)12-7-5-4-6-8-12/h4-11H,1-3H3/q+1. The molecule has 0 radical (unpaired) electrons. The van der Waals surface area contributed by atoms with E-state index in [1.165, 1.54) is 10.6 Å². The molecular weight excluding hydrogens is 315 g/mol. The molecule has 6 heteroatoms. The number of halogens is 3. The Kier molecular flexibility index (Phi) is 3.91. The Hall–Kier alpha value is -2.63. The fourth-order valence-electron chi connectivity index (χ4n) is 2.33. The van der Waals surface area contributed by atoms with Crippen LogP contribution < -0.4 is 4.57 Å². The molecule has 0 fully saturated rings. The van der Waals surface area contributed by atoms with Gasteiger partial charge in [-0.15, -0.1) is 4.68 Å². The maximum Gasteiger partial charge on any atom is 0.313 e. The highest BCUT2D eigenvalue weighted by molar-refractivity contribution is 5.52. The van der Waals surface area contributed by atoms with Crippen LogP contribution in [0.4, 0.5) is 13.2 Å². The Balaban J connectivity index is 2.28. The van der Waals surface area contributed by atoms with Crippen molar-refractivity contribution in [3.05, 3.63) is 66.2 Å². The number of nitrogens with zero attached hydrogens (tertiary/aromatic N) is 3. The molecule has 24 heavy (non-hydrogen) atoms. The number of hydrogen-bond donors (Lipinski definition) is 0. The van der Waals surface area contributed by atoms with Gasteiger partial charge in [0, 0.05) is 5.10 Å². The monoisotopic (exact) mass is 332 g/mol. The number of aromatic nitrogens is 3. The van der Waals surface area contributed by atoms with Gasteiger partial charge in [-0.3, -0.25) is 0 Å². The Labute approximate surface area is 138 Å². The van der Waals surface area contributed by atoms with Crippen LogP contribution in [0.15, 0.2) is 48.8 Å². The Morgan fingerprint density at radius 2 is 1.58 bits per heavy atom. The van der Waals surface area contributed by atoms with Gasteiger partial charge in [0.25, 0.3) is 0 Å². The quantitative estimate of drug-likeness (QED) is 0.513. The highest BCUT2D eigenvalue weighted by Gasteiger charge is 2.30. The first-order valence-corrected chi connectivity index (χ1v) is 7.50. The summed E-state index contributed by atoms with van der Waals surface area (Å²) in [5, 5.41) is 4.52. The second-order valence-electron chi connectivity index (χ2n) is 6.48. The molecule has 1 heterocycles. The molecule has 0 saturated heterocycles. The van der Waals surface area contributed by atoms with Crippen molar-refractivity contribution in [2.75, 3.05) is 0 Å². The predicted molar refractivity (Wildman–Crippen MR) is 84.1 cm³/mol. The zero-order valence-corrected chi connectivity index (χ0v) is 13.6. The molecule has 0 spiro atoms. The van der Waals surface area contributed by atoms with E-state index < -0.39 is 17.5 Å². The van der Waals surface area contributed by atoms with Crippen molar-refractivity contribution in [3.8, 4) is 17.1 Å². The van der Waals surface area contributed by atoms with E-state index in [2.05, 4.69) is 5.10 Å². The molecule has 0 bridgehead atoms. The summed E-state index contributed by atoms with van der Waals surface area (Å²) in [7, 11) is 0. The van der Waals surface area contributed by atoms with Crippen molar-refractivity contribution in [3.63, 3.8) is 0 Å². The summed E-state index contributed by atoms with van der Waals surface area (Å²) in [6.45, 7) is 5.84. The molecular formula is C18H17F3N3+. The molecule has 0 aliphatic rings. The highest BCUT2D eigenvalue weighted by Crippen LogP contribution is 2.21. The lowest BCUT2D eigenvalue weighted by Gasteiger charge is -2.10. The molecule has 0 atom stereocenters. The molecule has 0 unspecified atom stereocenters. The van der Waals surface area contributed by atoms with Crippen LogP contribution in [0.3, 0.4) is 0 Å². The summed E-state index contributed by atoms with van der Waals surface area (Å²) in [5.41, 5.74) is 0.289. The first-order chi connectivity index (χ1) is 11.3. The molecule has 0 aliphatic carbocycles. The van der Waals surface area contributed by atoms with E-state index in [-0.39, 0.29) is 11.2 Å². The number of rotatable bonds is 2.